The summed E-state index contributed by atoms with van der Waals surface area (Å²) in [5.74, 6) is 1.52. The summed E-state index contributed by atoms with van der Waals surface area (Å²) in [5, 5.41) is 7.49. The lowest BCUT2D eigenvalue weighted by Gasteiger charge is -2.16. The molecule has 0 fully saturated rings. The van der Waals surface area contributed by atoms with Gasteiger partial charge in [0, 0.05) is 16.1 Å². The molecule has 0 bridgehead atoms. The topological polar surface area (TPSA) is 51.0 Å². The Hall–Kier alpha value is -1.20. The second-order valence-corrected chi connectivity index (χ2v) is 5.97. The van der Waals surface area contributed by atoms with Crippen LogP contribution in [0.5, 0.6) is 0 Å². The summed E-state index contributed by atoms with van der Waals surface area (Å²) >= 11 is 3.46. The van der Waals surface area contributed by atoms with Gasteiger partial charge in [-0.1, -0.05) is 34.9 Å². The maximum Gasteiger partial charge on any atom is 0.231 e. The molecule has 4 nitrogen and oxygen atoms in total. The van der Waals surface area contributed by atoms with Crippen LogP contribution in [-0.4, -0.2) is 22.7 Å². The van der Waals surface area contributed by atoms with Crippen molar-refractivity contribution in [3.05, 3.63) is 34.1 Å². The second-order valence-electron chi connectivity index (χ2n) is 5.05. The summed E-state index contributed by atoms with van der Waals surface area (Å²) in [6.07, 6.45) is 0. The van der Waals surface area contributed by atoms with E-state index in [0.29, 0.717) is 17.8 Å². The van der Waals surface area contributed by atoms with E-state index in [2.05, 4.69) is 58.2 Å². The zero-order valence-electron chi connectivity index (χ0n) is 12.3. The molecule has 2 rings (SSSR count). The van der Waals surface area contributed by atoms with Gasteiger partial charge in [-0.25, -0.2) is 0 Å². The van der Waals surface area contributed by atoms with Crippen molar-refractivity contribution in [2.75, 3.05) is 6.54 Å². The maximum atomic E-state index is 5.42. The Morgan fingerprint density at radius 1 is 1.35 bits per heavy atom. The van der Waals surface area contributed by atoms with Gasteiger partial charge < -0.3 is 9.84 Å². The quantitative estimate of drug-likeness (QED) is 0.898. The van der Waals surface area contributed by atoms with Crippen LogP contribution >= 0.6 is 15.9 Å². The van der Waals surface area contributed by atoms with Crippen molar-refractivity contribution in [3.63, 3.8) is 0 Å². The first-order valence-electron chi connectivity index (χ1n) is 6.86. The number of rotatable bonds is 5. The summed E-state index contributed by atoms with van der Waals surface area (Å²) in [5.41, 5.74) is 2.13. The molecule has 2 aromatic rings. The van der Waals surface area contributed by atoms with E-state index >= 15 is 0 Å². The van der Waals surface area contributed by atoms with E-state index in [4.69, 9.17) is 4.52 Å². The maximum absolute atomic E-state index is 5.42. The molecule has 5 heteroatoms. The van der Waals surface area contributed by atoms with Crippen LogP contribution in [0.3, 0.4) is 0 Å². The summed E-state index contributed by atoms with van der Waals surface area (Å²) in [7, 11) is 0. The lowest BCUT2D eigenvalue weighted by Crippen LogP contribution is -2.30. The van der Waals surface area contributed by atoms with E-state index in [1.807, 2.05) is 19.1 Å². The molecule has 2 atom stereocenters. The van der Waals surface area contributed by atoms with E-state index in [-0.39, 0.29) is 5.92 Å². The highest BCUT2D eigenvalue weighted by atomic mass is 79.9. The Labute approximate surface area is 128 Å². The number of aryl methyl sites for hydroxylation is 1. The van der Waals surface area contributed by atoms with E-state index < -0.39 is 0 Å². The fourth-order valence-electron chi connectivity index (χ4n) is 2.12. The van der Waals surface area contributed by atoms with Gasteiger partial charge >= 0.3 is 0 Å². The highest BCUT2D eigenvalue weighted by Gasteiger charge is 2.20. The van der Waals surface area contributed by atoms with E-state index in [0.717, 1.165) is 22.1 Å². The minimum atomic E-state index is 0.187. The normalized spacial score (nSPS) is 14.2. The lowest BCUT2D eigenvalue weighted by atomic mass is 10.0. The predicted molar refractivity (Wildman–Crippen MR) is 83.7 cm³/mol. The van der Waals surface area contributed by atoms with Gasteiger partial charge in [-0.3, -0.25) is 0 Å². The number of likely N-dealkylation sites (N-methyl/N-ethyl adjacent to an activating group) is 1. The molecular formula is C15H20BrN3O. The highest BCUT2D eigenvalue weighted by Crippen LogP contribution is 2.26. The van der Waals surface area contributed by atoms with Crippen molar-refractivity contribution in [2.24, 2.45) is 0 Å². The van der Waals surface area contributed by atoms with Crippen LogP contribution in [-0.2, 0) is 0 Å². The van der Waals surface area contributed by atoms with E-state index in [9.17, 15) is 0 Å². The molecular weight excluding hydrogens is 318 g/mol. The summed E-state index contributed by atoms with van der Waals surface area (Å²) in [4.78, 5) is 4.54. The van der Waals surface area contributed by atoms with Crippen LogP contribution in [0, 0.1) is 6.92 Å². The van der Waals surface area contributed by atoms with Crippen LogP contribution in [0.1, 0.15) is 38.1 Å². The molecule has 0 aliphatic rings. The zero-order valence-corrected chi connectivity index (χ0v) is 13.9. The average molecular weight is 338 g/mol. The number of nitrogens with zero attached hydrogens (tertiary/aromatic N) is 2. The monoisotopic (exact) mass is 337 g/mol. The third kappa shape index (κ3) is 3.27. The van der Waals surface area contributed by atoms with Gasteiger partial charge in [0.15, 0.2) is 0 Å². The minimum Gasteiger partial charge on any atom is -0.339 e. The molecule has 20 heavy (non-hydrogen) atoms. The first-order chi connectivity index (χ1) is 9.52. The molecule has 0 radical (unpaired) electrons. The van der Waals surface area contributed by atoms with E-state index in [1.165, 1.54) is 0 Å². The van der Waals surface area contributed by atoms with Crippen molar-refractivity contribution in [3.8, 4) is 11.4 Å². The van der Waals surface area contributed by atoms with Gasteiger partial charge in [0.05, 0.1) is 5.92 Å². The molecule has 1 aromatic heterocycles. The van der Waals surface area contributed by atoms with Gasteiger partial charge in [0.1, 0.15) is 0 Å². The van der Waals surface area contributed by atoms with Crippen LogP contribution in [0.2, 0.25) is 0 Å². The molecule has 0 aliphatic carbocycles. The number of hydrogen-bond donors (Lipinski definition) is 1. The molecule has 0 amide bonds. The molecule has 0 spiro atoms. The first kappa shape index (κ1) is 15.2. The Bertz CT molecular complexity index is 582. The average Bonchev–Trinajstić information content (AvgIpc) is 2.87. The highest BCUT2D eigenvalue weighted by molar-refractivity contribution is 9.10. The standard InChI is InChI=1S/C15H20BrN3O/c1-5-17-11(4)10(3)15-18-14(19-20-15)13-7-6-12(16)8-9(13)2/h6-8,10-11,17H,5H2,1-4H3. The third-order valence-electron chi connectivity index (χ3n) is 3.54. The van der Waals surface area contributed by atoms with Crippen LogP contribution < -0.4 is 5.32 Å². The number of halogens is 1. The molecule has 108 valence electrons. The van der Waals surface area contributed by atoms with Gasteiger partial charge in [-0.15, -0.1) is 0 Å². The minimum absolute atomic E-state index is 0.187. The Morgan fingerprint density at radius 3 is 2.75 bits per heavy atom. The molecule has 1 aromatic carbocycles. The van der Waals surface area contributed by atoms with Gasteiger partial charge in [-0.2, -0.15) is 4.98 Å². The third-order valence-corrected chi connectivity index (χ3v) is 4.03. The molecule has 1 N–H and O–H groups in total. The SMILES string of the molecule is CCNC(C)C(C)c1nc(-c2ccc(Br)cc2C)no1. The summed E-state index contributed by atoms with van der Waals surface area (Å²) in [6, 6.07) is 6.35. The van der Waals surface area contributed by atoms with Gasteiger partial charge in [0.2, 0.25) is 11.7 Å². The Kier molecular flexibility index (Phi) is 4.94. The summed E-state index contributed by atoms with van der Waals surface area (Å²) in [6.45, 7) is 9.29. The van der Waals surface area contributed by atoms with Crippen molar-refractivity contribution in [1.29, 1.82) is 0 Å². The van der Waals surface area contributed by atoms with E-state index in [1.54, 1.807) is 0 Å². The van der Waals surface area contributed by atoms with Crippen LogP contribution in [0.15, 0.2) is 27.2 Å². The van der Waals surface area contributed by atoms with Gasteiger partial charge in [-0.05, 0) is 44.2 Å². The molecule has 1 heterocycles. The van der Waals surface area contributed by atoms with Crippen molar-refractivity contribution < 1.29 is 4.52 Å². The fourth-order valence-corrected chi connectivity index (χ4v) is 2.60. The van der Waals surface area contributed by atoms with Crippen LogP contribution in [0.4, 0.5) is 0 Å². The molecule has 0 aliphatic heterocycles. The van der Waals surface area contributed by atoms with Crippen molar-refractivity contribution in [2.45, 2.75) is 39.7 Å². The number of nitrogens with one attached hydrogen (secondary N) is 1. The molecule has 2 unspecified atom stereocenters. The van der Waals surface area contributed by atoms with Crippen molar-refractivity contribution >= 4 is 15.9 Å². The van der Waals surface area contributed by atoms with Gasteiger partial charge in [0.25, 0.3) is 0 Å². The number of aromatic nitrogens is 2. The van der Waals surface area contributed by atoms with Crippen molar-refractivity contribution in [1.82, 2.24) is 15.5 Å². The summed E-state index contributed by atoms with van der Waals surface area (Å²) < 4.78 is 6.47. The number of hydrogen-bond acceptors (Lipinski definition) is 4. The fraction of sp³-hybridized carbons (Fsp3) is 0.467. The lowest BCUT2D eigenvalue weighted by molar-refractivity contribution is 0.332. The smallest absolute Gasteiger partial charge is 0.231 e. The molecule has 0 saturated heterocycles. The molecule has 0 saturated carbocycles. The largest absolute Gasteiger partial charge is 0.339 e. The van der Waals surface area contributed by atoms with Crippen LogP contribution in [0.25, 0.3) is 11.4 Å². The Morgan fingerprint density at radius 2 is 2.10 bits per heavy atom. The second kappa shape index (κ2) is 6.50. The Balaban J connectivity index is 2.24. The first-order valence-corrected chi connectivity index (χ1v) is 7.65. The zero-order chi connectivity index (χ0) is 14.7. The number of benzene rings is 1. The predicted octanol–water partition coefficient (Wildman–Crippen LogP) is 3.91.